The maximum Gasteiger partial charge on any atom is 0.253 e. The monoisotopic (exact) mass is 373 g/mol. The molecule has 0 bridgehead atoms. The fraction of sp³-hybridized carbons (Fsp3) is 0.529. The molecule has 0 aliphatic carbocycles. The number of nitrogens with zero attached hydrogens (tertiary/aromatic N) is 1. The summed E-state index contributed by atoms with van der Waals surface area (Å²) in [7, 11) is 0. The highest BCUT2D eigenvalue weighted by Gasteiger charge is 2.13. The third-order valence-corrected chi connectivity index (χ3v) is 4.33. The molecule has 24 heavy (non-hydrogen) atoms. The Balaban J connectivity index is 0.00000529. The summed E-state index contributed by atoms with van der Waals surface area (Å²) in [6.45, 7) is 5.74. The van der Waals surface area contributed by atoms with Crippen LogP contribution in [0.15, 0.2) is 24.3 Å². The number of carbonyl (C=O) groups is 2. The minimum Gasteiger partial charge on any atom is -0.351 e. The molecule has 2 amide bonds. The molecule has 0 saturated heterocycles. The molecule has 0 aromatic heterocycles. The SMILES string of the molecule is CCN(CC)C(=O)c1ccc(CNC(=O)[C@@H](N)CCSC)cc1.Cl. The van der Waals surface area contributed by atoms with Crippen molar-refractivity contribution in [1.29, 1.82) is 0 Å². The van der Waals surface area contributed by atoms with Gasteiger partial charge in [-0.2, -0.15) is 11.8 Å². The van der Waals surface area contributed by atoms with Crippen molar-refractivity contribution in [2.75, 3.05) is 25.1 Å². The topological polar surface area (TPSA) is 75.4 Å². The molecule has 7 heteroatoms. The first-order chi connectivity index (χ1) is 11.0. The molecule has 0 aliphatic heterocycles. The minimum absolute atomic E-state index is 0. The smallest absolute Gasteiger partial charge is 0.253 e. The summed E-state index contributed by atoms with van der Waals surface area (Å²) >= 11 is 1.68. The van der Waals surface area contributed by atoms with E-state index in [1.807, 2.05) is 32.2 Å². The summed E-state index contributed by atoms with van der Waals surface area (Å²) in [5.41, 5.74) is 7.44. The molecule has 0 radical (unpaired) electrons. The lowest BCUT2D eigenvalue weighted by molar-refractivity contribution is -0.122. The van der Waals surface area contributed by atoms with Crippen molar-refractivity contribution in [2.24, 2.45) is 5.73 Å². The Morgan fingerprint density at radius 2 is 1.79 bits per heavy atom. The van der Waals surface area contributed by atoms with Gasteiger partial charge < -0.3 is 16.0 Å². The number of hydrogen-bond donors (Lipinski definition) is 2. The number of nitrogens with two attached hydrogens (primary N) is 1. The molecule has 5 nitrogen and oxygen atoms in total. The molecule has 3 N–H and O–H groups in total. The van der Waals surface area contributed by atoms with Crippen molar-refractivity contribution in [3.63, 3.8) is 0 Å². The number of nitrogens with one attached hydrogen (secondary N) is 1. The van der Waals surface area contributed by atoms with E-state index in [2.05, 4.69) is 5.32 Å². The maximum absolute atomic E-state index is 12.2. The molecule has 0 aliphatic rings. The van der Waals surface area contributed by atoms with Gasteiger partial charge in [0.25, 0.3) is 5.91 Å². The summed E-state index contributed by atoms with van der Waals surface area (Å²) < 4.78 is 0. The van der Waals surface area contributed by atoms with Crippen LogP contribution in [0, 0.1) is 0 Å². The molecule has 1 atom stereocenters. The summed E-state index contributed by atoms with van der Waals surface area (Å²) in [5, 5.41) is 2.83. The molecular weight excluding hydrogens is 346 g/mol. The molecular formula is C17H28ClN3O2S. The molecule has 136 valence electrons. The standard InChI is InChI=1S/C17H27N3O2S.ClH/c1-4-20(5-2)17(22)14-8-6-13(7-9-14)12-19-16(21)15(18)10-11-23-3;/h6-9,15H,4-5,10-12,18H2,1-3H3,(H,19,21);1H/t15-;/m0./s1. The Hall–Kier alpha value is -1.24. The summed E-state index contributed by atoms with van der Waals surface area (Å²) in [6, 6.07) is 6.87. The van der Waals surface area contributed by atoms with Gasteiger partial charge >= 0.3 is 0 Å². The first-order valence-electron chi connectivity index (χ1n) is 7.93. The number of benzene rings is 1. The van der Waals surface area contributed by atoms with E-state index < -0.39 is 6.04 Å². The van der Waals surface area contributed by atoms with E-state index in [1.54, 1.807) is 28.8 Å². The van der Waals surface area contributed by atoms with E-state index in [0.29, 0.717) is 31.6 Å². The van der Waals surface area contributed by atoms with Crippen molar-refractivity contribution < 1.29 is 9.59 Å². The second-order valence-corrected chi connectivity index (χ2v) is 6.27. The molecule has 1 rings (SSSR count). The highest BCUT2D eigenvalue weighted by atomic mass is 35.5. The van der Waals surface area contributed by atoms with Crippen molar-refractivity contribution in [1.82, 2.24) is 10.2 Å². The van der Waals surface area contributed by atoms with Crippen molar-refractivity contribution >= 4 is 36.0 Å². The van der Waals surface area contributed by atoms with Crippen molar-refractivity contribution in [3.05, 3.63) is 35.4 Å². The van der Waals surface area contributed by atoms with E-state index in [9.17, 15) is 9.59 Å². The van der Waals surface area contributed by atoms with Gasteiger partial charge in [0.1, 0.15) is 0 Å². The molecule has 1 aromatic rings. The van der Waals surface area contributed by atoms with Gasteiger partial charge in [0.2, 0.25) is 5.91 Å². The Bertz CT molecular complexity index is 507. The molecule has 1 aromatic carbocycles. The van der Waals surface area contributed by atoms with Crippen LogP contribution in [-0.2, 0) is 11.3 Å². The normalized spacial score (nSPS) is 11.3. The summed E-state index contributed by atoms with van der Waals surface area (Å²) in [6.07, 6.45) is 2.66. The Kier molecular flexibility index (Phi) is 11.5. The van der Waals surface area contributed by atoms with E-state index in [1.165, 1.54) is 0 Å². The lowest BCUT2D eigenvalue weighted by atomic mass is 10.1. The van der Waals surface area contributed by atoms with E-state index in [-0.39, 0.29) is 24.2 Å². The zero-order valence-electron chi connectivity index (χ0n) is 14.6. The second-order valence-electron chi connectivity index (χ2n) is 5.28. The summed E-state index contributed by atoms with van der Waals surface area (Å²) in [4.78, 5) is 25.8. The molecule has 0 spiro atoms. The average molecular weight is 374 g/mol. The van der Waals surface area contributed by atoms with Crippen LogP contribution in [-0.4, -0.2) is 47.9 Å². The number of carbonyl (C=O) groups excluding carboxylic acids is 2. The maximum atomic E-state index is 12.2. The number of rotatable bonds is 9. The van der Waals surface area contributed by atoms with Gasteiger partial charge in [-0.3, -0.25) is 9.59 Å². The van der Waals surface area contributed by atoms with Crippen LogP contribution in [0.4, 0.5) is 0 Å². The van der Waals surface area contributed by atoms with E-state index >= 15 is 0 Å². The molecule has 0 unspecified atom stereocenters. The van der Waals surface area contributed by atoms with Gasteiger partial charge in [-0.05, 0) is 50.0 Å². The largest absolute Gasteiger partial charge is 0.351 e. The van der Waals surface area contributed by atoms with Gasteiger partial charge in [-0.25, -0.2) is 0 Å². The van der Waals surface area contributed by atoms with E-state index in [0.717, 1.165) is 11.3 Å². The van der Waals surface area contributed by atoms with Crippen molar-refractivity contribution in [2.45, 2.75) is 32.9 Å². The Morgan fingerprint density at radius 1 is 1.21 bits per heavy atom. The van der Waals surface area contributed by atoms with Crippen LogP contribution < -0.4 is 11.1 Å². The highest BCUT2D eigenvalue weighted by molar-refractivity contribution is 7.98. The number of halogens is 1. The fourth-order valence-corrected chi connectivity index (χ4v) is 2.64. The predicted molar refractivity (Wildman–Crippen MR) is 104 cm³/mol. The fourth-order valence-electron chi connectivity index (χ4n) is 2.15. The minimum atomic E-state index is -0.467. The zero-order valence-corrected chi connectivity index (χ0v) is 16.2. The lowest BCUT2D eigenvalue weighted by Gasteiger charge is -2.18. The van der Waals surface area contributed by atoms with E-state index in [4.69, 9.17) is 5.73 Å². The third kappa shape index (κ3) is 7.11. The first-order valence-corrected chi connectivity index (χ1v) is 9.33. The van der Waals surface area contributed by atoms with Gasteiger partial charge in [0.05, 0.1) is 6.04 Å². The molecule has 0 heterocycles. The van der Waals surface area contributed by atoms with Crippen LogP contribution in [0.1, 0.15) is 36.2 Å². The van der Waals surface area contributed by atoms with Crippen LogP contribution in [0.3, 0.4) is 0 Å². The van der Waals surface area contributed by atoms with Gasteiger partial charge in [-0.15, -0.1) is 12.4 Å². The lowest BCUT2D eigenvalue weighted by Crippen LogP contribution is -2.40. The molecule has 0 saturated carbocycles. The molecule has 0 fully saturated rings. The second kappa shape index (κ2) is 12.2. The Morgan fingerprint density at radius 3 is 2.29 bits per heavy atom. The number of thioether (sulfide) groups is 1. The van der Waals surface area contributed by atoms with Crippen molar-refractivity contribution in [3.8, 4) is 0 Å². The van der Waals surface area contributed by atoms with Gasteiger partial charge in [0.15, 0.2) is 0 Å². The van der Waals surface area contributed by atoms with Crippen LogP contribution in [0.25, 0.3) is 0 Å². The van der Waals surface area contributed by atoms with Gasteiger partial charge in [0, 0.05) is 25.2 Å². The Labute approximate surface area is 155 Å². The van der Waals surface area contributed by atoms with Crippen LogP contribution >= 0.6 is 24.2 Å². The zero-order chi connectivity index (χ0) is 17.2. The number of hydrogen-bond acceptors (Lipinski definition) is 4. The average Bonchev–Trinajstić information content (AvgIpc) is 2.58. The first kappa shape index (κ1) is 22.8. The van der Waals surface area contributed by atoms with Crippen LogP contribution in [0.5, 0.6) is 0 Å². The quantitative estimate of drug-likeness (QED) is 0.696. The number of amides is 2. The summed E-state index contributed by atoms with van der Waals surface area (Å²) in [5.74, 6) is 0.767. The van der Waals surface area contributed by atoms with Gasteiger partial charge in [-0.1, -0.05) is 12.1 Å². The third-order valence-electron chi connectivity index (χ3n) is 3.69. The predicted octanol–water partition coefficient (Wildman–Crippen LogP) is 2.29. The van der Waals surface area contributed by atoms with Crippen LogP contribution in [0.2, 0.25) is 0 Å². The highest BCUT2D eigenvalue weighted by Crippen LogP contribution is 2.08.